The Balaban J connectivity index is 1.68. The number of imide groups is 1. The molecule has 10 heteroatoms. The molecule has 1 aromatic heterocycles. The minimum atomic E-state index is -0.763. The van der Waals surface area contributed by atoms with Crippen molar-refractivity contribution in [1.29, 1.82) is 0 Å². The highest BCUT2D eigenvalue weighted by atomic mass is 32.2. The first kappa shape index (κ1) is 16.3. The van der Waals surface area contributed by atoms with Crippen LogP contribution in [0.4, 0.5) is 4.79 Å². The number of carbonyl (C=O) groups excluding carboxylic acids is 3. The van der Waals surface area contributed by atoms with Gasteiger partial charge in [0.2, 0.25) is 5.91 Å². The third-order valence-electron chi connectivity index (χ3n) is 3.00. The fourth-order valence-corrected chi connectivity index (χ4v) is 2.65. The fourth-order valence-electron chi connectivity index (χ4n) is 2.01. The summed E-state index contributed by atoms with van der Waals surface area (Å²) in [5.74, 6) is 0.0293. The molecule has 0 radical (unpaired) electrons. The number of carbonyl (C=O) groups is 3. The van der Waals surface area contributed by atoms with E-state index < -0.39 is 12.1 Å². The van der Waals surface area contributed by atoms with Crippen LogP contribution in [0, 0.1) is 0 Å². The minimum Gasteiger partial charge on any atom is -0.355 e. The van der Waals surface area contributed by atoms with Crippen molar-refractivity contribution in [2.24, 2.45) is 0 Å². The molecule has 120 valence electrons. The summed E-state index contributed by atoms with van der Waals surface area (Å²) in [5.41, 5.74) is 0. The Morgan fingerprint density at radius 2 is 2.32 bits per heavy atom. The van der Waals surface area contributed by atoms with E-state index in [2.05, 4.69) is 25.8 Å². The van der Waals surface area contributed by atoms with Crippen molar-refractivity contribution in [3.05, 3.63) is 6.33 Å². The third-order valence-corrected chi connectivity index (χ3v) is 3.88. The van der Waals surface area contributed by atoms with Gasteiger partial charge in [0.05, 0.1) is 6.42 Å². The van der Waals surface area contributed by atoms with Crippen LogP contribution in [0.5, 0.6) is 0 Å². The number of nitrogens with zero attached hydrogens (tertiary/aromatic N) is 3. The van der Waals surface area contributed by atoms with Crippen LogP contribution >= 0.6 is 11.8 Å². The van der Waals surface area contributed by atoms with Crippen LogP contribution in [0.25, 0.3) is 0 Å². The zero-order chi connectivity index (χ0) is 15.9. The van der Waals surface area contributed by atoms with Gasteiger partial charge in [-0.25, -0.2) is 9.78 Å². The second-order valence-corrected chi connectivity index (χ2v) is 5.77. The van der Waals surface area contributed by atoms with Crippen molar-refractivity contribution < 1.29 is 14.4 Å². The highest BCUT2D eigenvalue weighted by Crippen LogP contribution is 2.11. The van der Waals surface area contributed by atoms with E-state index in [0.29, 0.717) is 30.4 Å². The number of aromatic amines is 1. The van der Waals surface area contributed by atoms with Gasteiger partial charge < -0.3 is 10.6 Å². The van der Waals surface area contributed by atoms with Crippen molar-refractivity contribution >= 4 is 29.6 Å². The van der Waals surface area contributed by atoms with Crippen molar-refractivity contribution in [1.82, 2.24) is 30.7 Å². The first-order valence-electron chi connectivity index (χ1n) is 6.98. The fraction of sp³-hybridized carbons (Fsp3) is 0.583. The molecule has 1 fully saturated rings. The highest BCUT2D eigenvalue weighted by Gasteiger charge is 2.38. The van der Waals surface area contributed by atoms with Crippen molar-refractivity contribution in [3.8, 4) is 0 Å². The molecule has 1 saturated heterocycles. The molecule has 1 aliphatic heterocycles. The average molecular weight is 326 g/mol. The highest BCUT2D eigenvalue weighted by molar-refractivity contribution is 7.99. The first-order chi connectivity index (χ1) is 10.6. The van der Waals surface area contributed by atoms with Gasteiger partial charge in [-0.2, -0.15) is 5.10 Å². The largest absolute Gasteiger partial charge is 0.355 e. The summed E-state index contributed by atoms with van der Waals surface area (Å²) in [6, 6.07) is -1.19. The number of thioether (sulfide) groups is 1. The van der Waals surface area contributed by atoms with Gasteiger partial charge in [0.1, 0.15) is 12.4 Å². The van der Waals surface area contributed by atoms with Gasteiger partial charge in [-0.15, -0.1) is 0 Å². The van der Waals surface area contributed by atoms with Gasteiger partial charge in [-0.3, -0.25) is 19.6 Å². The molecule has 3 N–H and O–H groups in total. The Kier molecular flexibility index (Phi) is 5.75. The number of nitrogens with one attached hydrogen (secondary N) is 3. The molecule has 0 spiro atoms. The zero-order valence-electron chi connectivity index (χ0n) is 12.2. The molecule has 2 heterocycles. The second kappa shape index (κ2) is 7.78. The van der Waals surface area contributed by atoms with E-state index in [1.807, 2.05) is 6.92 Å². The summed E-state index contributed by atoms with van der Waals surface area (Å²) in [4.78, 5) is 40.5. The van der Waals surface area contributed by atoms with Gasteiger partial charge in [-0.1, -0.05) is 18.7 Å². The molecule has 0 unspecified atom stereocenters. The Bertz CT molecular complexity index is 535. The Labute approximate surface area is 131 Å². The molecule has 9 nitrogen and oxygen atoms in total. The van der Waals surface area contributed by atoms with E-state index in [1.54, 1.807) is 0 Å². The van der Waals surface area contributed by atoms with Crippen LogP contribution in [0.3, 0.4) is 0 Å². The Morgan fingerprint density at radius 1 is 1.50 bits per heavy atom. The predicted octanol–water partition coefficient (Wildman–Crippen LogP) is -0.266. The Hall–Kier alpha value is -2.10. The monoisotopic (exact) mass is 326 g/mol. The molecule has 1 atom stereocenters. The average Bonchev–Trinajstić information content (AvgIpc) is 3.08. The lowest BCUT2D eigenvalue weighted by molar-refractivity contribution is -0.130. The quantitative estimate of drug-likeness (QED) is 0.344. The smallest absolute Gasteiger partial charge is 0.324 e. The maximum Gasteiger partial charge on any atom is 0.324 e. The summed E-state index contributed by atoms with van der Waals surface area (Å²) >= 11 is 1.43. The lowest BCUT2D eigenvalue weighted by Crippen LogP contribution is -2.37. The van der Waals surface area contributed by atoms with E-state index >= 15 is 0 Å². The summed E-state index contributed by atoms with van der Waals surface area (Å²) in [6.07, 6.45) is 2.06. The van der Waals surface area contributed by atoms with Gasteiger partial charge in [0.15, 0.2) is 5.16 Å². The van der Waals surface area contributed by atoms with Gasteiger partial charge in [0, 0.05) is 18.8 Å². The van der Waals surface area contributed by atoms with Gasteiger partial charge >= 0.3 is 6.03 Å². The van der Waals surface area contributed by atoms with Crippen LogP contribution in [-0.2, 0) is 9.59 Å². The third kappa shape index (κ3) is 4.20. The maximum atomic E-state index is 12.0. The lowest BCUT2D eigenvalue weighted by Gasteiger charge is -2.11. The van der Waals surface area contributed by atoms with Crippen LogP contribution in [0.1, 0.15) is 19.8 Å². The van der Waals surface area contributed by atoms with Crippen LogP contribution in [0.15, 0.2) is 11.5 Å². The van der Waals surface area contributed by atoms with E-state index in [9.17, 15) is 14.4 Å². The van der Waals surface area contributed by atoms with Crippen LogP contribution in [-0.4, -0.2) is 62.8 Å². The van der Waals surface area contributed by atoms with E-state index in [0.717, 1.165) is 4.90 Å². The first-order valence-corrected chi connectivity index (χ1v) is 7.97. The minimum absolute atomic E-state index is 0.0439. The lowest BCUT2D eigenvalue weighted by atomic mass is 10.2. The SMILES string of the molecule is CCCN1C(=O)N[C@@H](CC(=O)NCCSc2ncn[nH]2)C1=O. The molecule has 1 aromatic rings. The molecule has 1 aliphatic rings. The van der Waals surface area contributed by atoms with Crippen molar-refractivity contribution in [3.63, 3.8) is 0 Å². The van der Waals surface area contributed by atoms with Crippen LogP contribution < -0.4 is 10.6 Å². The number of amides is 4. The number of rotatable bonds is 8. The van der Waals surface area contributed by atoms with Gasteiger partial charge in [-0.05, 0) is 6.42 Å². The molecule has 22 heavy (non-hydrogen) atoms. The molecule has 0 aromatic carbocycles. The number of hydrogen-bond acceptors (Lipinski definition) is 6. The van der Waals surface area contributed by atoms with E-state index in [1.165, 1.54) is 18.1 Å². The number of urea groups is 1. The Morgan fingerprint density at radius 3 is 3.00 bits per heavy atom. The van der Waals surface area contributed by atoms with E-state index in [4.69, 9.17) is 0 Å². The number of hydrogen-bond donors (Lipinski definition) is 3. The second-order valence-electron chi connectivity index (χ2n) is 4.69. The molecular formula is C12H18N6O3S. The summed E-state index contributed by atoms with van der Waals surface area (Å²) in [5, 5.41) is 12.3. The number of aromatic nitrogens is 3. The summed E-state index contributed by atoms with van der Waals surface area (Å²) < 4.78 is 0. The molecule has 2 rings (SSSR count). The van der Waals surface area contributed by atoms with Crippen LogP contribution in [0.2, 0.25) is 0 Å². The molecule has 0 bridgehead atoms. The zero-order valence-corrected chi connectivity index (χ0v) is 13.0. The van der Waals surface area contributed by atoms with Gasteiger partial charge in [0.25, 0.3) is 5.91 Å². The summed E-state index contributed by atoms with van der Waals surface area (Å²) in [7, 11) is 0. The van der Waals surface area contributed by atoms with Crippen molar-refractivity contribution in [2.45, 2.75) is 31.0 Å². The molecule has 4 amide bonds. The molecular weight excluding hydrogens is 308 g/mol. The topological polar surface area (TPSA) is 120 Å². The van der Waals surface area contributed by atoms with E-state index in [-0.39, 0.29) is 18.2 Å². The number of H-pyrrole nitrogens is 1. The molecule has 0 aliphatic carbocycles. The maximum absolute atomic E-state index is 12.0. The standard InChI is InChI=1S/C12H18N6O3S/c1-2-4-18-10(20)8(16-12(18)21)6-9(19)13-3-5-22-11-14-7-15-17-11/h7-8H,2-6H2,1H3,(H,13,19)(H,16,21)(H,14,15,17)/t8-/m0/s1. The predicted molar refractivity (Wildman–Crippen MR) is 79.1 cm³/mol. The summed E-state index contributed by atoms with van der Waals surface area (Å²) in [6.45, 7) is 2.70. The normalized spacial score (nSPS) is 17.7. The molecule has 0 saturated carbocycles. The van der Waals surface area contributed by atoms with Crippen molar-refractivity contribution in [2.75, 3.05) is 18.8 Å².